The summed E-state index contributed by atoms with van der Waals surface area (Å²) in [5, 5.41) is 8.19. The molecule has 184 valence electrons. The third kappa shape index (κ3) is 4.05. The van der Waals surface area contributed by atoms with E-state index in [9.17, 15) is 4.79 Å². The number of aryl methyl sites for hydroxylation is 2. The zero-order chi connectivity index (χ0) is 24.6. The molecular formula is C27H28N6O3. The maximum atomic E-state index is 13.4. The summed E-state index contributed by atoms with van der Waals surface area (Å²) in [6.07, 6.45) is 9.70. The van der Waals surface area contributed by atoms with Crippen LogP contribution >= 0.6 is 0 Å². The summed E-state index contributed by atoms with van der Waals surface area (Å²) in [5.41, 5.74) is 4.95. The van der Waals surface area contributed by atoms with Crippen molar-refractivity contribution in [3.05, 3.63) is 59.4 Å². The Balaban J connectivity index is 1.54. The first-order valence-electron chi connectivity index (χ1n) is 12.3. The monoisotopic (exact) mass is 484 g/mol. The van der Waals surface area contributed by atoms with E-state index in [1.807, 2.05) is 50.8 Å². The summed E-state index contributed by atoms with van der Waals surface area (Å²) in [5.74, 6) is 0.738. The van der Waals surface area contributed by atoms with E-state index in [0.717, 1.165) is 65.7 Å². The molecule has 5 heterocycles. The van der Waals surface area contributed by atoms with Crippen LogP contribution in [0.2, 0.25) is 0 Å². The van der Waals surface area contributed by atoms with Gasteiger partial charge in [-0.15, -0.1) is 0 Å². The molecule has 0 aliphatic carbocycles. The molecule has 0 radical (unpaired) electrons. The third-order valence-corrected chi connectivity index (χ3v) is 6.87. The SMILES string of the molecule is CNc1ccc(-c2nc(=O)n(CCC3CCCCO3)c3c2oc2ccc(-c4cnn(C)c4)cc23)cn1. The number of hydrogen-bond acceptors (Lipinski definition) is 7. The number of hydrogen-bond donors (Lipinski definition) is 1. The first-order valence-corrected chi connectivity index (χ1v) is 12.3. The summed E-state index contributed by atoms with van der Waals surface area (Å²) < 4.78 is 15.8. The van der Waals surface area contributed by atoms with Crippen molar-refractivity contribution >= 4 is 27.9 Å². The van der Waals surface area contributed by atoms with Crippen LogP contribution in [0.25, 0.3) is 44.5 Å². The highest BCUT2D eigenvalue weighted by molar-refractivity contribution is 6.07. The van der Waals surface area contributed by atoms with Crippen molar-refractivity contribution in [3.8, 4) is 22.4 Å². The molecule has 9 nitrogen and oxygen atoms in total. The average molecular weight is 485 g/mol. The highest BCUT2D eigenvalue weighted by Crippen LogP contribution is 2.36. The van der Waals surface area contributed by atoms with Crippen molar-refractivity contribution in [2.45, 2.75) is 38.3 Å². The van der Waals surface area contributed by atoms with Gasteiger partial charge in [0.05, 0.1) is 12.3 Å². The Morgan fingerprint density at radius 3 is 2.72 bits per heavy atom. The van der Waals surface area contributed by atoms with Gasteiger partial charge in [-0.1, -0.05) is 6.07 Å². The number of pyridine rings is 1. The van der Waals surface area contributed by atoms with Crippen LogP contribution in [0.15, 0.2) is 58.1 Å². The minimum absolute atomic E-state index is 0.155. The van der Waals surface area contributed by atoms with Crippen LogP contribution in [-0.2, 0) is 18.3 Å². The maximum Gasteiger partial charge on any atom is 0.348 e. The van der Waals surface area contributed by atoms with Crippen LogP contribution in [-0.4, -0.2) is 44.1 Å². The zero-order valence-corrected chi connectivity index (χ0v) is 20.4. The first kappa shape index (κ1) is 22.5. The van der Waals surface area contributed by atoms with Crippen molar-refractivity contribution in [1.82, 2.24) is 24.3 Å². The molecule has 0 spiro atoms. The minimum atomic E-state index is -0.305. The standard InChI is InChI=1S/C27H28N6O3/c1-28-23-9-7-18(14-29-23)24-26-25(33(27(34)31-24)11-10-20-5-3-4-12-35-20)21-13-17(6-8-22(21)36-26)19-15-30-32(2)16-19/h6-9,13-16,20H,3-5,10-12H2,1-2H3,(H,28,29). The number of nitrogens with one attached hydrogen (secondary N) is 1. The Morgan fingerprint density at radius 2 is 2.00 bits per heavy atom. The van der Waals surface area contributed by atoms with E-state index < -0.39 is 0 Å². The Hall–Kier alpha value is -3.98. The van der Waals surface area contributed by atoms with Gasteiger partial charge in [0.1, 0.15) is 22.6 Å². The van der Waals surface area contributed by atoms with Gasteiger partial charge in [-0.05, 0) is 55.5 Å². The van der Waals surface area contributed by atoms with Crippen LogP contribution in [0.4, 0.5) is 5.82 Å². The Bertz CT molecular complexity index is 1590. The van der Waals surface area contributed by atoms with Gasteiger partial charge >= 0.3 is 5.69 Å². The summed E-state index contributed by atoms with van der Waals surface area (Å²) in [7, 11) is 3.71. The van der Waals surface area contributed by atoms with E-state index in [-0.39, 0.29) is 11.8 Å². The number of ether oxygens (including phenoxy) is 1. The molecule has 1 unspecified atom stereocenters. The Kier molecular flexibility index (Phi) is 5.77. The van der Waals surface area contributed by atoms with Crippen LogP contribution < -0.4 is 11.0 Å². The van der Waals surface area contributed by atoms with Gasteiger partial charge in [0, 0.05) is 56.2 Å². The molecule has 1 atom stereocenters. The van der Waals surface area contributed by atoms with E-state index in [1.54, 1.807) is 15.4 Å². The van der Waals surface area contributed by atoms with Crippen LogP contribution in [0.1, 0.15) is 25.7 Å². The number of rotatable bonds is 6. The van der Waals surface area contributed by atoms with E-state index in [2.05, 4.69) is 26.4 Å². The lowest BCUT2D eigenvalue weighted by Gasteiger charge is -2.22. The normalized spacial score (nSPS) is 16.1. The Labute approximate surface area is 207 Å². The topological polar surface area (TPSA) is 100 Å². The second-order valence-electron chi connectivity index (χ2n) is 9.25. The van der Waals surface area contributed by atoms with Crippen LogP contribution in [0.3, 0.4) is 0 Å². The van der Waals surface area contributed by atoms with E-state index in [4.69, 9.17) is 9.15 Å². The predicted molar refractivity (Wildman–Crippen MR) is 139 cm³/mol. The molecule has 4 aromatic heterocycles. The van der Waals surface area contributed by atoms with Gasteiger partial charge in [-0.2, -0.15) is 10.1 Å². The fraction of sp³-hybridized carbons (Fsp3) is 0.333. The number of aromatic nitrogens is 5. The minimum Gasteiger partial charge on any atom is -0.452 e. The fourth-order valence-electron chi connectivity index (χ4n) is 4.96. The van der Waals surface area contributed by atoms with Gasteiger partial charge < -0.3 is 14.5 Å². The summed E-state index contributed by atoms with van der Waals surface area (Å²) in [4.78, 5) is 22.3. The molecule has 1 saturated heterocycles. The first-order chi connectivity index (χ1) is 17.6. The molecule has 0 bridgehead atoms. The molecule has 0 saturated carbocycles. The lowest BCUT2D eigenvalue weighted by Crippen LogP contribution is -2.27. The Morgan fingerprint density at radius 1 is 1.11 bits per heavy atom. The molecule has 1 fully saturated rings. The molecule has 36 heavy (non-hydrogen) atoms. The molecule has 1 N–H and O–H groups in total. The molecule has 1 aliphatic rings. The molecule has 1 aromatic carbocycles. The number of fused-ring (bicyclic) bond motifs is 3. The van der Waals surface area contributed by atoms with Crippen molar-refractivity contribution < 1.29 is 9.15 Å². The van der Waals surface area contributed by atoms with Gasteiger partial charge in [-0.25, -0.2) is 9.78 Å². The van der Waals surface area contributed by atoms with E-state index >= 15 is 0 Å². The molecule has 9 heteroatoms. The smallest absolute Gasteiger partial charge is 0.348 e. The quantitative estimate of drug-likeness (QED) is 0.376. The highest BCUT2D eigenvalue weighted by Gasteiger charge is 2.22. The van der Waals surface area contributed by atoms with Gasteiger partial charge in [0.2, 0.25) is 0 Å². The number of anilines is 1. The largest absolute Gasteiger partial charge is 0.452 e. The summed E-state index contributed by atoms with van der Waals surface area (Å²) in [6, 6.07) is 9.78. The van der Waals surface area contributed by atoms with Crippen LogP contribution in [0.5, 0.6) is 0 Å². The predicted octanol–water partition coefficient (Wildman–Crippen LogP) is 4.61. The van der Waals surface area contributed by atoms with Crippen LogP contribution in [0, 0.1) is 0 Å². The average Bonchev–Trinajstić information content (AvgIpc) is 3.52. The maximum absolute atomic E-state index is 13.4. The lowest BCUT2D eigenvalue weighted by atomic mass is 10.1. The number of nitrogens with zero attached hydrogens (tertiary/aromatic N) is 5. The van der Waals surface area contributed by atoms with Gasteiger partial charge in [0.25, 0.3) is 0 Å². The van der Waals surface area contributed by atoms with Crippen molar-refractivity contribution in [1.29, 1.82) is 0 Å². The molecule has 5 aromatic rings. The molecule has 6 rings (SSSR count). The molecular weight excluding hydrogens is 456 g/mol. The molecule has 1 aliphatic heterocycles. The fourth-order valence-corrected chi connectivity index (χ4v) is 4.96. The van der Waals surface area contributed by atoms with Crippen molar-refractivity contribution in [3.63, 3.8) is 0 Å². The number of furan rings is 1. The lowest BCUT2D eigenvalue weighted by molar-refractivity contribution is 0.00881. The van der Waals surface area contributed by atoms with Crippen molar-refractivity contribution in [2.24, 2.45) is 7.05 Å². The van der Waals surface area contributed by atoms with Gasteiger partial charge in [-0.3, -0.25) is 9.25 Å². The third-order valence-electron chi connectivity index (χ3n) is 6.87. The second-order valence-corrected chi connectivity index (χ2v) is 9.25. The highest BCUT2D eigenvalue weighted by atomic mass is 16.5. The van der Waals surface area contributed by atoms with E-state index in [0.29, 0.717) is 23.4 Å². The zero-order valence-electron chi connectivity index (χ0n) is 20.4. The van der Waals surface area contributed by atoms with Crippen molar-refractivity contribution in [2.75, 3.05) is 19.0 Å². The summed E-state index contributed by atoms with van der Waals surface area (Å²) in [6.45, 7) is 1.29. The summed E-state index contributed by atoms with van der Waals surface area (Å²) >= 11 is 0. The molecule has 0 amide bonds. The number of benzene rings is 1. The van der Waals surface area contributed by atoms with Gasteiger partial charge in [0.15, 0.2) is 5.58 Å². The second kappa shape index (κ2) is 9.23. The van der Waals surface area contributed by atoms with E-state index in [1.165, 1.54) is 0 Å².